The molecule has 26 heavy (non-hydrogen) atoms. The van der Waals surface area contributed by atoms with Crippen molar-refractivity contribution in [2.45, 2.75) is 37.7 Å². The average molecular weight is 376 g/mol. The second-order valence-corrected chi connectivity index (χ2v) is 8.70. The number of sulfonamides is 1. The number of hydrogen-bond donors (Lipinski definition) is 0. The van der Waals surface area contributed by atoms with E-state index in [1.807, 2.05) is 19.9 Å². The normalized spacial score (nSPS) is 16.6. The van der Waals surface area contributed by atoms with E-state index in [1.165, 1.54) is 10.4 Å². The molecule has 3 rings (SSSR count). The van der Waals surface area contributed by atoms with E-state index in [0.29, 0.717) is 36.6 Å². The third kappa shape index (κ3) is 3.83. The lowest BCUT2D eigenvalue weighted by atomic mass is 10.1. The summed E-state index contributed by atoms with van der Waals surface area (Å²) in [5, 5.41) is 0. The minimum Gasteiger partial charge on any atom is -0.490 e. The maximum atomic E-state index is 12.7. The maximum absolute atomic E-state index is 12.7. The van der Waals surface area contributed by atoms with Crippen molar-refractivity contribution in [2.75, 3.05) is 13.1 Å². The second kappa shape index (κ2) is 7.25. The zero-order chi connectivity index (χ0) is 18.9. The van der Waals surface area contributed by atoms with Gasteiger partial charge in [-0.1, -0.05) is 17.7 Å². The van der Waals surface area contributed by atoms with Crippen LogP contribution in [0.4, 0.5) is 0 Å². The second-order valence-electron chi connectivity index (χ2n) is 6.76. The zero-order valence-electron chi connectivity index (χ0n) is 15.3. The highest BCUT2D eigenvalue weighted by Crippen LogP contribution is 2.23. The summed E-state index contributed by atoms with van der Waals surface area (Å²) in [5.41, 5.74) is 1.74. The lowest BCUT2D eigenvalue weighted by Crippen LogP contribution is -2.41. The highest BCUT2D eigenvalue weighted by Gasteiger charge is 2.30. The third-order valence-corrected chi connectivity index (χ3v) is 6.75. The fraction of sp³-hybridized carbons (Fsp3) is 0.421. The molecule has 0 aliphatic carbocycles. The van der Waals surface area contributed by atoms with Crippen molar-refractivity contribution in [1.29, 1.82) is 0 Å². The topological polar surface area (TPSA) is 68.6 Å². The van der Waals surface area contributed by atoms with Gasteiger partial charge in [0, 0.05) is 31.9 Å². The van der Waals surface area contributed by atoms with Crippen LogP contribution in [0.25, 0.3) is 0 Å². The Morgan fingerprint density at radius 2 is 1.65 bits per heavy atom. The summed E-state index contributed by atoms with van der Waals surface area (Å²) in [6, 6.07) is 10.2. The lowest BCUT2D eigenvalue weighted by molar-refractivity contribution is 0.134. The van der Waals surface area contributed by atoms with Crippen LogP contribution in [0.1, 0.15) is 24.1 Å². The molecule has 0 atom stereocenters. The van der Waals surface area contributed by atoms with Crippen molar-refractivity contribution in [3.05, 3.63) is 58.0 Å². The number of rotatable bonds is 4. The maximum Gasteiger partial charge on any atom is 0.254 e. The van der Waals surface area contributed by atoms with Gasteiger partial charge in [-0.25, -0.2) is 8.42 Å². The Hall–Kier alpha value is -2.12. The molecular formula is C19H24N2O4S. The summed E-state index contributed by atoms with van der Waals surface area (Å²) >= 11 is 0. The van der Waals surface area contributed by atoms with Crippen molar-refractivity contribution in [3.63, 3.8) is 0 Å². The number of nitrogens with zero attached hydrogens (tertiary/aromatic N) is 2. The van der Waals surface area contributed by atoms with Gasteiger partial charge >= 0.3 is 0 Å². The van der Waals surface area contributed by atoms with Gasteiger partial charge in [0.05, 0.1) is 4.90 Å². The van der Waals surface area contributed by atoms with Gasteiger partial charge in [-0.3, -0.25) is 4.79 Å². The quantitative estimate of drug-likeness (QED) is 0.821. The molecule has 2 heterocycles. The molecule has 0 spiro atoms. The number of pyridine rings is 1. The van der Waals surface area contributed by atoms with Crippen LogP contribution in [-0.2, 0) is 17.1 Å². The third-order valence-electron chi connectivity index (χ3n) is 4.84. The molecule has 2 aromatic rings. The molecule has 1 aliphatic rings. The van der Waals surface area contributed by atoms with Crippen molar-refractivity contribution in [1.82, 2.24) is 8.87 Å². The Kier molecular flexibility index (Phi) is 5.20. The summed E-state index contributed by atoms with van der Waals surface area (Å²) in [6.45, 7) is 4.60. The summed E-state index contributed by atoms with van der Waals surface area (Å²) in [6.07, 6.45) is 1.10. The molecule has 140 valence electrons. The first-order valence-electron chi connectivity index (χ1n) is 8.68. The van der Waals surface area contributed by atoms with Gasteiger partial charge in [-0.2, -0.15) is 4.31 Å². The highest BCUT2D eigenvalue weighted by molar-refractivity contribution is 7.89. The van der Waals surface area contributed by atoms with Crippen molar-refractivity contribution < 1.29 is 13.2 Å². The first-order chi connectivity index (χ1) is 12.3. The van der Waals surface area contributed by atoms with Gasteiger partial charge in [0.15, 0.2) is 0 Å². The van der Waals surface area contributed by atoms with Crippen LogP contribution in [0.3, 0.4) is 0 Å². The number of benzene rings is 1. The summed E-state index contributed by atoms with van der Waals surface area (Å²) in [5.74, 6) is 0.547. The fourth-order valence-corrected chi connectivity index (χ4v) is 4.52. The van der Waals surface area contributed by atoms with Gasteiger partial charge in [0.2, 0.25) is 10.0 Å². The minimum atomic E-state index is -3.47. The number of aromatic nitrogens is 1. The summed E-state index contributed by atoms with van der Waals surface area (Å²) < 4.78 is 34.4. The molecule has 6 nitrogen and oxygen atoms in total. The Bertz CT molecular complexity index is 940. The van der Waals surface area contributed by atoms with Gasteiger partial charge < -0.3 is 9.30 Å². The SMILES string of the molecule is Cc1ccc(S(=O)(=O)N2CCC(Oc3cc(C)n(C)c(=O)c3)CC2)cc1. The number of piperidine rings is 1. The van der Waals surface area contributed by atoms with Crippen LogP contribution in [-0.4, -0.2) is 36.5 Å². The molecule has 0 amide bonds. The Morgan fingerprint density at radius 3 is 2.23 bits per heavy atom. The summed E-state index contributed by atoms with van der Waals surface area (Å²) in [4.78, 5) is 12.2. The molecule has 1 fully saturated rings. The van der Waals surface area contributed by atoms with Crippen LogP contribution in [0.15, 0.2) is 46.1 Å². The van der Waals surface area contributed by atoms with E-state index in [4.69, 9.17) is 4.74 Å². The van der Waals surface area contributed by atoms with E-state index in [9.17, 15) is 13.2 Å². The van der Waals surface area contributed by atoms with Crippen molar-refractivity contribution in [3.8, 4) is 5.75 Å². The van der Waals surface area contributed by atoms with E-state index < -0.39 is 10.0 Å². The van der Waals surface area contributed by atoms with Gasteiger partial charge in [0.1, 0.15) is 11.9 Å². The standard InChI is InChI=1S/C19H24N2O4S/c1-14-4-6-18(7-5-14)26(23,24)21-10-8-16(9-11-21)25-17-12-15(2)20(3)19(22)13-17/h4-7,12-13,16H,8-11H2,1-3H3. The number of ether oxygens (including phenoxy) is 1. The molecule has 0 N–H and O–H groups in total. The van der Waals surface area contributed by atoms with E-state index in [2.05, 4.69) is 0 Å². The van der Waals surface area contributed by atoms with Crippen LogP contribution in [0.2, 0.25) is 0 Å². The molecule has 1 aromatic heterocycles. The Labute approximate surface area is 154 Å². The molecule has 0 saturated carbocycles. The number of aryl methyl sites for hydroxylation is 2. The minimum absolute atomic E-state index is 0.0917. The van der Waals surface area contributed by atoms with Gasteiger partial charge in [0.25, 0.3) is 5.56 Å². The highest BCUT2D eigenvalue weighted by atomic mass is 32.2. The fourth-order valence-electron chi connectivity index (χ4n) is 3.05. The Morgan fingerprint density at radius 1 is 1.04 bits per heavy atom. The average Bonchev–Trinajstić information content (AvgIpc) is 2.60. The first kappa shape index (κ1) is 18.7. The smallest absolute Gasteiger partial charge is 0.254 e. The molecule has 1 aliphatic heterocycles. The molecule has 1 aromatic carbocycles. The van der Waals surface area contributed by atoms with E-state index >= 15 is 0 Å². The number of hydrogen-bond acceptors (Lipinski definition) is 4. The molecule has 1 saturated heterocycles. The van der Waals surface area contributed by atoms with Crippen LogP contribution >= 0.6 is 0 Å². The van der Waals surface area contributed by atoms with E-state index in [-0.39, 0.29) is 11.7 Å². The van der Waals surface area contributed by atoms with Crippen molar-refractivity contribution in [2.24, 2.45) is 7.05 Å². The molecule has 0 radical (unpaired) electrons. The van der Waals surface area contributed by atoms with Crippen LogP contribution in [0.5, 0.6) is 5.75 Å². The van der Waals surface area contributed by atoms with E-state index in [0.717, 1.165) is 11.3 Å². The molecule has 0 bridgehead atoms. The zero-order valence-corrected chi connectivity index (χ0v) is 16.1. The van der Waals surface area contributed by atoms with Gasteiger partial charge in [-0.15, -0.1) is 0 Å². The molecule has 7 heteroatoms. The predicted octanol–water partition coefficient (Wildman–Crippen LogP) is 2.23. The summed E-state index contributed by atoms with van der Waals surface area (Å²) in [7, 11) is -1.75. The molecule has 0 unspecified atom stereocenters. The first-order valence-corrected chi connectivity index (χ1v) is 10.1. The Balaban J connectivity index is 1.66. The van der Waals surface area contributed by atoms with Crippen LogP contribution < -0.4 is 10.3 Å². The lowest BCUT2D eigenvalue weighted by Gasteiger charge is -2.31. The molecular weight excluding hydrogens is 352 g/mol. The van der Waals surface area contributed by atoms with Crippen molar-refractivity contribution >= 4 is 10.0 Å². The predicted molar refractivity (Wildman–Crippen MR) is 100 cm³/mol. The van der Waals surface area contributed by atoms with E-state index in [1.54, 1.807) is 35.9 Å². The van der Waals surface area contributed by atoms with Gasteiger partial charge in [-0.05, 0) is 44.9 Å². The monoisotopic (exact) mass is 376 g/mol. The van der Waals surface area contributed by atoms with Crippen LogP contribution in [0, 0.1) is 13.8 Å². The largest absolute Gasteiger partial charge is 0.490 e.